The lowest BCUT2D eigenvalue weighted by Gasteiger charge is -2.30. The molecule has 0 unspecified atom stereocenters. The Kier molecular flexibility index (Phi) is 11.9. The van der Waals surface area contributed by atoms with E-state index in [1.807, 2.05) is 0 Å². The molecule has 0 saturated carbocycles. The number of nitro groups is 2. The van der Waals surface area contributed by atoms with Gasteiger partial charge in [0.25, 0.3) is 17.3 Å². The zero-order valence-electron chi connectivity index (χ0n) is 24.4. The van der Waals surface area contributed by atoms with Crippen LogP contribution in [0.1, 0.15) is 35.3 Å². The monoisotopic (exact) mass is 620 g/mol. The Bertz CT molecular complexity index is 1470. The highest BCUT2D eigenvalue weighted by Crippen LogP contribution is 2.25. The third-order valence-electron chi connectivity index (χ3n) is 7.15. The quantitative estimate of drug-likeness (QED) is 0.148. The second-order valence-electron chi connectivity index (χ2n) is 9.93. The van der Waals surface area contributed by atoms with Gasteiger partial charge in [0.15, 0.2) is 5.78 Å². The molecule has 0 bridgehead atoms. The number of rotatable bonds is 11. The molecule has 0 radical (unpaired) electrons. The number of nitrogens with zero attached hydrogens (tertiary/aromatic N) is 4. The number of benzene rings is 3. The van der Waals surface area contributed by atoms with Crippen molar-refractivity contribution in [3.05, 3.63) is 121 Å². The van der Waals surface area contributed by atoms with Crippen LogP contribution < -0.4 is 4.74 Å². The minimum absolute atomic E-state index is 0. The number of hydrogen-bond acceptors (Lipinski definition) is 8. The molecule has 0 aromatic heterocycles. The van der Waals surface area contributed by atoms with Crippen molar-refractivity contribution in [1.29, 1.82) is 0 Å². The second-order valence-corrected chi connectivity index (χ2v) is 9.93. The Morgan fingerprint density at radius 1 is 0.818 bits per heavy atom. The van der Waals surface area contributed by atoms with E-state index in [0.29, 0.717) is 40.2 Å². The standard InChI is InChI=1S/C32H32N4O7.ClH/c1-3-33(4-2)17-18-43-30-15-9-25(10-16-30)32(38)34-21-26(19-23-5-11-28(12-6-23)35(39)40)31(37)27(22-34)20-24-7-13-29(14-8-24)36(41)42;/h5-16,19-20H,3-4,17-18,21-22H2,1-2H3;1H. The zero-order chi connectivity index (χ0) is 30.9. The molecule has 0 N–H and O–H groups in total. The SMILES string of the molecule is CCN(CC)CCOc1ccc(C(=O)N2CC(=Cc3ccc([N+](=O)[O-])cc3)C(=O)C(=Cc3ccc([N+](=O)[O-])cc3)C2)cc1.Cl. The fourth-order valence-corrected chi connectivity index (χ4v) is 4.68. The van der Waals surface area contributed by atoms with Crippen LogP contribution in [0.3, 0.4) is 0 Å². The Hall–Kier alpha value is -4.87. The maximum absolute atomic E-state index is 13.6. The van der Waals surface area contributed by atoms with E-state index in [0.717, 1.165) is 19.6 Å². The molecular weight excluding hydrogens is 588 g/mol. The molecular formula is C32H33ClN4O7. The van der Waals surface area contributed by atoms with E-state index in [1.54, 1.807) is 41.3 Å². The topological polar surface area (TPSA) is 136 Å². The van der Waals surface area contributed by atoms with E-state index < -0.39 is 9.85 Å². The van der Waals surface area contributed by atoms with Gasteiger partial charge in [0.2, 0.25) is 0 Å². The molecule has 3 aromatic carbocycles. The highest BCUT2D eigenvalue weighted by Gasteiger charge is 2.30. The van der Waals surface area contributed by atoms with Gasteiger partial charge in [0.1, 0.15) is 12.4 Å². The summed E-state index contributed by atoms with van der Waals surface area (Å²) < 4.78 is 5.83. The summed E-state index contributed by atoms with van der Waals surface area (Å²) >= 11 is 0. The molecule has 12 heteroatoms. The van der Waals surface area contributed by atoms with Crippen molar-refractivity contribution in [2.75, 3.05) is 39.3 Å². The first-order valence-electron chi connectivity index (χ1n) is 13.9. The van der Waals surface area contributed by atoms with E-state index in [4.69, 9.17) is 4.74 Å². The highest BCUT2D eigenvalue weighted by atomic mass is 35.5. The maximum atomic E-state index is 13.6. The van der Waals surface area contributed by atoms with Crippen LogP contribution in [0, 0.1) is 20.2 Å². The first-order valence-corrected chi connectivity index (χ1v) is 13.9. The lowest BCUT2D eigenvalue weighted by molar-refractivity contribution is -0.385. The Balaban J connectivity index is 0.00000529. The third-order valence-corrected chi connectivity index (χ3v) is 7.15. The van der Waals surface area contributed by atoms with E-state index in [9.17, 15) is 29.8 Å². The Morgan fingerprint density at radius 3 is 1.68 bits per heavy atom. The molecule has 4 rings (SSSR count). The zero-order valence-corrected chi connectivity index (χ0v) is 25.2. The summed E-state index contributed by atoms with van der Waals surface area (Å²) in [5, 5.41) is 22.1. The first-order chi connectivity index (χ1) is 20.7. The first kappa shape index (κ1) is 33.6. The van der Waals surface area contributed by atoms with Crippen LogP contribution in [0.25, 0.3) is 12.2 Å². The number of hydrogen-bond donors (Lipinski definition) is 0. The largest absolute Gasteiger partial charge is 0.492 e. The number of Topliss-reactive ketones (excluding diaryl/α,β-unsaturated/α-hetero) is 1. The van der Waals surface area contributed by atoms with E-state index >= 15 is 0 Å². The summed E-state index contributed by atoms with van der Waals surface area (Å²) in [6.07, 6.45) is 3.23. The minimum Gasteiger partial charge on any atom is -0.492 e. The van der Waals surface area contributed by atoms with Crippen LogP contribution in [0.4, 0.5) is 11.4 Å². The van der Waals surface area contributed by atoms with Gasteiger partial charge in [0.05, 0.1) is 22.9 Å². The van der Waals surface area contributed by atoms with Crippen LogP contribution >= 0.6 is 12.4 Å². The number of ether oxygens (including phenoxy) is 1. The van der Waals surface area contributed by atoms with Gasteiger partial charge in [-0.1, -0.05) is 13.8 Å². The third kappa shape index (κ3) is 8.59. The van der Waals surface area contributed by atoms with Gasteiger partial charge in [-0.15, -0.1) is 12.4 Å². The molecule has 1 amide bonds. The maximum Gasteiger partial charge on any atom is 0.269 e. The van der Waals surface area contributed by atoms with Crippen molar-refractivity contribution in [3.63, 3.8) is 0 Å². The molecule has 1 aliphatic heterocycles. The van der Waals surface area contributed by atoms with Crippen LogP contribution in [-0.4, -0.2) is 70.7 Å². The smallest absolute Gasteiger partial charge is 0.269 e. The number of halogens is 1. The van der Waals surface area contributed by atoms with Gasteiger partial charge < -0.3 is 14.5 Å². The van der Waals surface area contributed by atoms with E-state index in [1.165, 1.54) is 48.5 Å². The Morgan fingerprint density at radius 2 is 1.27 bits per heavy atom. The molecule has 1 aliphatic rings. The average molecular weight is 621 g/mol. The fraction of sp³-hybridized carbons (Fsp3) is 0.250. The van der Waals surface area contributed by atoms with Gasteiger partial charge in [-0.3, -0.25) is 29.8 Å². The number of carbonyl (C=O) groups excluding carboxylic acids is 2. The number of ketones is 1. The number of carbonyl (C=O) groups is 2. The van der Waals surface area contributed by atoms with Crippen molar-refractivity contribution in [2.24, 2.45) is 0 Å². The summed E-state index contributed by atoms with van der Waals surface area (Å²) in [5.74, 6) is 0.0825. The molecule has 11 nitrogen and oxygen atoms in total. The van der Waals surface area contributed by atoms with Crippen LogP contribution in [0.5, 0.6) is 5.75 Å². The Labute approximate surface area is 261 Å². The van der Waals surface area contributed by atoms with Gasteiger partial charge >= 0.3 is 0 Å². The van der Waals surface area contributed by atoms with Crippen molar-refractivity contribution in [1.82, 2.24) is 9.80 Å². The summed E-state index contributed by atoms with van der Waals surface area (Å²) in [6.45, 7) is 7.46. The number of piperidine rings is 1. The predicted octanol–water partition coefficient (Wildman–Crippen LogP) is 5.84. The van der Waals surface area contributed by atoms with Gasteiger partial charge in [-0.2, -0.15) is 0 Å². The fourth-order valence-electron chi connectivity index (χ4n) is 4.68. The second kappa shape index (κ2) is 15.6. The molecule has 44 heavy (non-hydrogen) atoms. The normalized spacial score (nSPS) is 14.9. The van der Waals surface area contributed by atoms with E-state index in [-0.39, 0.29) is 48.6 Å². The van der Waals surface area contributed by atoms with Gasteiger partial charge in [-0.25, -0.2) is 0 Å². The predicted molar refractivity (Wildman–Crippen MR) is 170 cm³/mol. The van der Waals surface area contributed by atoms with Crippen molar-refractivity contribution >= 4 is 47.6 Å². The van der Waals surface area contributed by atoms with Crippen LogP contribution in [0.15, 0.2) is 83.9 Å². The number of non-ortho nitro benzene ring substituents is 2. The van der Waals surface area contributed by atoms with Gasteiger partial charge in [-0.05, 0) is 84.9 Å². The van der Waals surface area contributed by atoms with Crippen LogP contribution in [-0.2, 0) is 4.79 Å². The lowest BCUT2D eigenvalue weighted by atomic mass is 9.93. The molecule has 1 saturated heterocycles. The van der Waals surface area contributed by atoms with E-state index in [2.05, 4.69) is 18.7 Å². The van der Waals surface area contributed by atoms with Crippen molar-refractivity contribution < 1.29 is 24.2 Å². The van der Waals surface area contributed by atoms with Crippen LogP contribution in [0.2, 0.25) is 0 Å². The molecule has 1 fully saturated rings. The number of amides is 1. The molecule has 230 valence electrons. The lowest BCUT2D eigenvalue weighted by Crippen LogP contribution is -2.41. The molecule has 3 aromatic rings. The number of likely N-dealkylation sites (tertiary alicyclic amines) is 1. The number of nitro benzene ring substituents is 2. The highest BCUT2D eigenvalue weighted by molar-refractivity contribution is 6.16. The summed E-state index contributed by atoms with van der Waals surface area (Å²) in [5.41, 5.74) is 2.08. The summed E-state index contributed by atoms with van der Waals surface area (Å²) in [6, 6.07) is 18.4. The van der Waals surface area contributed by atoms with Crippen molar-refractivity contribution in [2.45, 2.75) is 13.8 Å². The molecule has 0 aliphatic carbocycles. The number of likely N-dealkylation sites (N-methyl/N-ethyl adjacent to an activating group) is 1. The minimum atomic E-state index is -0.504. The average Bonchev–Trinajstić information content (AvgIpc) is 3.01. The molecule has 1 heterocycles. The molecule has 0 atom stereocenters. The molecule has 0 spiro atoms. The summed E-state index contributed by atoms with van der Waals surface area (Å²) in [4.78, 5) is 52.0. The van der Waals surface area contributed by atoms with Gasteiger partial charge in [0, 0.05) is 47.5 Å². The van der Waals surface area contributed by atoms with Crippen molar-refractivity contribution in [3.8, 4) is 5.75 Å². The summed E-state index contributed by atoms with van der Waals surface area (Å²) in [7, 11) is 0.